The fraction of sp³-hybridized carbons (Fsp3) is 0.227. The fourth-order valence-electron chi connectivity index (χ4n) is 3.69. The van der Waals surface area contributed by atoms with Gasteiger partial charge in [0, 0.05) is 32.7 Å². The van der Waals surface area contributed by atoms with Crippen LogP contribution in [-0.2, 0) is 11.3 Å². The molecule has 2 aliphatic heterocycles. The van der Waals surface area contributed by atoms with Crippen molar-refractivity contribution in [3.05, 3.63) is 71.4 Å². The zero-order chi connectivity index (χ0) is 20.2. The van der Waals surface area contributed by atoms with Crippen LogP contribution in [-0.4, -0.2) is 42.8 Å². The third-order valence-electron chi connectivity index (χ3n) is 5.08. The molecule has 2 heterocycles. The molecular formula is C22H22N6O. The van der Waals surface area contributed by atoms with Gasteiger partial charge in [-0.25, -0.2) is 4.99 Å². The van der Waals surface area contributed by atoms with Gasteiger partial charge in [0.2, 0.25) is 0 Å². The Morgan fingerprint density at radius 3 is 2.48 bits per heavy atom. The first-order chi connectivity index (χ1) is 14.2. The molecule has 0 radical (unpaired) electrons. The topological polar surface area (TPSA) is 97.7 Å². The van der Waals surface area contributed by atoms with E-state index in [0.29, 0.717) is 18.1 Å². The summed E-state index contributed by atoms with van der Waals surface area (Å²) in [7, 11) is 0. The molecule has 3 N–H and O–H groups in total. The van der Waals surface area contributed by atoms with Gasteiger partial charge in [-0.05, 0) is 17.7 Å². The van der Waals surface area contributed by atoms with E-state index in [4.69, 9.17) is 10.7 Å². The molecule has 0 unspecified atom stereocenters. The van der Waals surface area contributed by atoms with Gasteiger partial charge in [0.15, 0.2) is 5.84 Å². The lowest BCUT2D eigenvalue weighted by atomic mass is 10.0. The number of hydrogen-bond acceptors (Lipinski definition) is 6. The highest BCUT2D eigenvalue weighted by atomic mass is 16.1. The second-order valence-electron chi connectivity index (χ2n) is 6.93. The number of nitriles is 1. The number of carbonyl (C=O) groups is 1. The number of amides is 1. The third-order valence-corrected chi connectivity index (χ3v) is 5.08. The Morgan fingerprint density at radius 2 is 1.79 bits per heavy atom. The Labute approximate surface area is 169 Å². The number of rotatable bonds is 3. The van der Waals surface area contributed by atoms with Crippen molar-refractivity contribution in [2.75, 3.05) is 31.1 Å². The normalized spacial score (nSPS) is 17.8. The average molecular weight is 386 g/mol. The van der Waals surface area contributed by atoms with E-state index in [1.807, 2.05) is 65.6 Å². The molecule has 0 saturated carbocycles. The highest BCUT2D eigenvalue weighted by Crippen LogP contribution is 2.38. The first-order valence-corrected chi connectivity index (χ1v) is 9.58. The number of nitrogens with one attached hydrogen (secondary N) is 1. The van der Waals surface area contributed by atoms with Crippen molar-refractivity contribution in [3.8, 4) is 6.07 Å². The molecule has 7 heteroatoms. The Kier molecular flexibility index (Phi) is 5.27. The van der Waals surface area contributed by atoms with E-state index >= 15 is 0 Å². The zero-order valence-corrected chi connectivity index (χ0v) is 16.0. The summed E-state index contributed by atoms with van der Waals surface area (Å²) in [6.07, 6.45) is 0. The van der Waals surface area contributed by atoms with Crippen molar-refractivity contribution < 1.29 is 4.79 Å². The molecule has 2 aliphatic rings. The van der Waals surface area contributed by atoms with Gasteiger partial charge >= 0.3 is 0 Å². The molecule has 146 valence electrons. The first kappa shape index (κ1) is 18.7. The summed E-state index contributed by atoms with van der Waals surface area (Å²) < 4.78 is 0. The van der Waals surface area contributed by atoms with Crippen LogP contribution in [0.2, 0.25) is 0 Å². The molecule has 0 aromatic heterocycles. The molecule has 0 atom stereocenters. The number of primary amides is 1. The summed E-state index contributed by atoms with van der Waals surface area (Å²) in [5.74, 6) is -0.126. The summed E-state index contributed by atoms with van der Waals surface area (Å²) in [6, 6.07) is 19.7. The minimum atomic E-state index is -0.747. The summed E-state index contributed by atoms with van der Waals surface area (Å²) in [6.45, 7) is 3.59. The molecule has 7 nitrogen and oxygen atoms in total. The first-order valence-electron chi connectivity index (χ1n) is 9.58. The van der Waals surface area contributed by atoms with Crippen LogP contribution in [0.1, 0.15) is 5.56 Å². The van der Waals surface area contributed by atoms with Crippen LogP contribution < -0.4 is 16.0 Å². The predicted molar refractivity (Wildman–Crippen MR) is 112 cm³/mol. The van der Waals surface area contributed by atoms with Crippen molar-refractivity contribution in [2.24, 2.45) is 10.7 Å². The van der Waals surface area contributed by atoms with Gasteiger partial charge in [-0.15, -0.1) is 0 Å². The van der Waals surface area contributed by atoms with Crippen molar-refractivity contribution in [3.63, 3.8) is 0 Å². The molecule has 2 aromatic rings. The van der Waals surface area contributed by atoms with Gasteiger partial charge in [-0.3, -0.25) is 4.79 Å². The van der Waals surface area contributed by atoms with E-state index < -0.39 is 5.91 Å². The van der Waals surface area contributed by atoms with Crippen LogP contribution in [0.25, 0.3) is 0 Å². The lowest BCUT2D eigenvalue weighted by molar-refractivity contribution is -0.114. The maximum absolute atomic E-state index is 12.2. The van der Waals surface area contributed by atoms with Gasteiger partial charge < -0.3 is 20.9 Å². The second-order valence-corrected chi connectivity index (χ2v) is 6.93. The van der Waals surface area contributed by atoms with Gasteiger partial charge in [0.25, 0.3) is 5.91 Å². The van der Waals surface area contributed by atoms with Crippen molar-refractivity contribution in [2.45, 2.75) is 6.54 Å². The summed E-state index contributed by atoms with van der Waals surface area (Å²) >= 11 is 0. The predicted octanol–water partition coefficient (Wildman–Crippen LogP) is 1.90. The molecular weight excluding hydrogens is 364 g/mol. The number of carbonyl (C=O) groups excluding carboxylic acids is 1. The lowest BCUT2D eigenvalue weighted by Crippen LogP contribution is -2.50. The number of benzene rings is 2. The Balaban J connectivity index is 1.91. The number of amidine groups is 1. The van der Waals surface area contributed by atoms with Crippen LogP contribution >= 0.6 is 0 Å². The number of piperazine rings is 1. The van der Waals surface area contributed by atoms with E-state index in [0.717, 1.165) is 43.1 Å². The van der Waals surface area contributed by atoms with E-state index in [2.05, 4.69) is 10.2 Å². The van der Waals surface area contributed by atoms with Crippen LogP contribution in [0.4, 0.5) is 11.4 Å². The molecule has 4 rings (SSSR count). The van der Waals surface area contributed by atoms with Crippen LogP contribution in [0, 0.1) is 11.3 Å². The second kappa shape index (κ2) is 8.17. The van der Waals surface area contributed by atoms with Gasteiger partial charge in [-0.2, -0.15) is 5.26 Å². The number of nitrogens with zero attached hydrogens (tertiary/aromatic N) is 4. The van der Waals surface area contributed by atoms with Crippen molar-refractivity contribution in [1.29, 1.82) is 5.26 Å². The molecule has 0 bridgehead atoms. The molecule has 0 spiro atoms. The fourth-order valence-corrected chi connectivity index (χ4v) is 3.69. The van der Waals surface area contributed by atoms with Crippen LogP contribution in [0.3, 0.4) is 0 Å². The average Bonchev–Trinajstić information content (AvgIpc) is 2.76. The highest BCUT2D eigenvalue weighted by molar-refractivity contribution is 6.13. The molecule has 1 fully saturated rings. The Morgan fingerprint density at radius 1 is 1.10 bits per heavy atom. The summed E-state index contributed by atoms with van der Waals surface area (Å²) in [5.41, 5.74) is 8.73. The third kappa shape index (κ3) is 3.71. The van der Waals surface area contributed by atoms with Crippen molar-refractivity contribution in [1.82, 2.24) is 10.2 Å². The SMILES string of the molecule is N#C/C(C(N)=O)=C1\C(N2CCNCC2)=Nc2ccccc2N1Cc1ccccc1. The van der Waals surface area contributed by atoms with Gasteiger partial charge in [0.1, 0.15) is 17.3 Å². The standard InChI is InChI=1S/C22H22N6O/c23-14-17(21(24)29)20-22(27-12-10-25-11-13-27)26-18-8-4-5-9-19(18)28(20)15-16-6-2-1-3-7-16/h1-9,25H,10-13,15H2,(H2,24,29)/b20-17-. The van der Waals surface area contributed by atoms with E-state index in [1.54, 1.807) is 0 Å². The van der Waals surface area contributed by atoms with E-state index in [-0.39, 0.29) is 5.57 Å². The summed E-state index contributed by atoms with van der Waals surface area (Å²) in [4.78, 5) is 21.1. The quantitative estimate of drug-likeness (QED) is 0.620. The molecule has 1 amide bonds. The number of aliphatic imine (C=N–C) groups is 1. The summed E-state index contributed by atoms with van der Waals surface area (Å²) in [5, 5.41) is 13.1. The monoisotopic (exact) mass is 386 g/mol. The molecule has 1 saturated heterocycles. The van der Waals surface area contributed by atoms with Gasteiger partial charge in [-0.1, -0.05) is 42.5 Å². The number of anilines is 1. The van der Waals surface area contributed by atoms with Crippen LogP contribution in [0.15, 0.2) is 70.9 Å². The minimum absolute atomic E-state index is 0.0762. The molecule has 2 aromatic carbocycles. The largest absolute Gasteiger partial charge is 0.365 e. The Bertz CT molecular complexity index is 1020. The van der Waals surface area contributed by atoms with Crippen molar-refractivity contribution >= 4 is 23.1 Å². The van der Waals surface area contributed by atoms with Gasteiger partial charge in [0.05, 0.1) is 11.4 Å². The number of hydrogen-bond donors (Lipinski definition) is 2. The smallest absolute Gasteiger partial charge is 0.261 e. The number of nitrogens with two attached hydrogens (primary N) is 1. The zero-order valence-electron chi connectivity index (χ0n) is 16.0. The maximum atomic E-state index is 12.2. The molecule has 0 aliphatic carbocycles. The minimum Gasteiger partial charge on any atom is -0.365 e. The number of para-hydroxylation sites is 2. The number of fused-ring (bicyclic) bond motifs is 1. The maximum Gasteiger partial charge on any atom is 0.261 e. The highest BCUT2D eigenvalue weighted by Gasteiger charge is 2.33. The van der Waals surface area contributed by atoms with E-state index in [9.17, 15) is 10.1 Å². The Hall–Kier alpha value is -3.63. The molecule has 29 heavy (non-hydrogen) atoms. The van der Waals surface area contributed by atoms with E-state index in [1.165, 1.54) is 0 Å². The lowest BCUT2D eigenvalue weighted by Gasteiger charge is -2.39. The van der Waals surface area contributed by atoms with Crippen LogP contribution in [0.5, 0.6) is 0 Å².